The Morgan fingerprint density at radius 2 is 1.97 bits per heavy atom. The number of hydrogen-bond acceptors (Lipinski definition) is 5. The van der Waals surface area contributed by atoms with Gasteiger partial charge in [-0.2, -0.15) is 5.10 Å². The van der Waals surface area contributed by atoms with Crippen molar-refractivity contribution in [3.63, 3.8) is 0 Å². The number of hydrogen-bond donors (Lipinski definition) is 2. The highest BCUT2D eigenvalue weighted by atomic mass is 35.5. The van der Waals surface area contributed by atoms with E-state index in [9.17, 15) is 4.79 Å². The van der Waals surface area contributed by atoms with Crippen LogP contribution in [0.15, 0.2) is 48.7 Å². The number of nitrogens with two attached hydrogens (primary N) is 1. The van der Waals surface area contributed by atoms with Crippen LogP contribution in [0.3, 0.4) is 0 Å². The molecule has 3 aliphatic rings. The number of fused-ring (bicyclic) bond motifs is 4. The van der Waals surface area contributed by atoms with Gasteiger partial charge in [0.15, 0.2) is 17.2 Å². The lowest BCUT2D eigenvalue weighted by molar-refractivity contribution is 0.0190. The molecule has 3 aromatic carbocycles. The Morgan fingerprint density at radius 1 is 1.21 bits per heavy atom. The van der Waals surface area contributed by atoms with Gasteiger partial charge in [0.05, 0.1) is 16.6 Å². The maximum absolute atomic E-state index is 16.5. The maximum atomic E-state index is 16.5. The number of aromatic nitrogens is 2. The topological polar surface area (TPSA) is 91.4 Å². The maximum Gasteiger partial charge on any atom is 0.249 e. The minimum Gasteiger partial charge on any atom is -0.483 e. The fraction of sp³-hybridized carbons (Fsp3) is 0.241. The van der Waals surface area contributed by atoms with Crippen LogP contribution in [0.2, 0.25) is 5.02 Å². The van der Waals surface area contributed by atoms with Gasteiger partial charge in [-0.25, -0.2) is 8.78 Å². The summed E-state index contributed by atoms with van der Waals surface area (Å²) >= 11 is 6.58. The zero-order valence-electron chi connectivity index (χ0n) is 20.9. The lowest BCUT2D eigenvalue weighted by Gasteiger charge is -2.43. The number of rotatable bonds is 4. The molecule has 2 atom stereocenters. The van der Waals surface area contributed by atoms with Gasteiger partial charge in [0.2, 0.25) is 5.91 Å². The minimum atomic E-state index is -0.884. The number of amides is 1. The van der Waals surface area contributed by atoms with Gasteiger partial charge in [0.1, 0.15) is 23.9 Å². The Kier molecular flexibility index (Phi) is 5.27. The Bertz CT molecular complexity index is 1690. The first-order valence-corrected chi connectivity index (χ1v) is 13.0. The first-order chi connectivity index (χ1) is 18.8. The van der Waals surface area contributed by atoms with Crippen LogP contribution in [0.1, 0.15) is 33.6 Å². The number of benzene rings is 3. The summed E-state index contributed by atoms with van der Waals surface area (Å²) in [6.45, 7) is 0.859. The molecule has 1 amide bonds. The van der Waals surface area contributed by atoms with Crippen molar-refractivity contribution in [1.82, 2.24) is 15.1 Å². The molecule has 4 aromatic rings. The molecule has 0 aliphatic carbocycles. The van der Waals surface area contributed by atoms with Gasteiger partial charge in [0, 0.05) is 53.5 Å². The second kappa shape index (κ2) is 8.53. The molecule has 1 unspecified atom stereocenters. The minimum absolute atomic E-state index is 0.0397. The van der Waals surface area contributed by atoms with Crippen molar-refractivity contribution >= 4 is 17.5 Å². The van der Waals surface area contributed by atoms with Gasteiger partial charge in [0.25, 0.3) is 0 Å². The van der Waals surface area contributed by atoms with Gasteiger partial charge in [-0.05, 0) is 24.6 Å². The van der Waals surface area contributed by atoms with E-state index in [-0.39, 0.29) is 52.3 Å². The van der Waals surface area contributed by atoms with Crippen molar-refractivity contribution in [3.05, 3.63) is 87.7 Å². The SMILES string of the molecule is Cn1cc2c(n1)COc1c-2cc(C(N)=O)c(-c2c(Cl)c(F)cc3c2C[C@](c2ccccc2)(C2CCN2)O3)c1F. The van der Waals surface area contributed by atoms with E-state index in [0.29, 0.717) is 22.4 Å². The third kappa shape index (κ3) is 3.43. The fourth-order valence-corrected chi connectivity index (χ4v) is 6.31. The summed E-state index contributed by atoms with van der Waals surface area (Å²) < 4.78 is 45.8. The van der Waals surface area contributed by atoms with Crippen LogP contribution in [0, 0.1) is 11.6 Å². The molecule has 3 N–H and O–H groups in total. The molecule has 1 fully saturated rings. The zero-order valence-corrected chi connectivity index (χ0v) is 21.6. The highest BCUT2D eigenvalue weighted by Gasteiger charge is 2.51. The van der Waals surface area contributed by atoms with Crippen LogP contribution in [-0.4, -0.2) is 28.3 Å². The molecule has 39 heavy (non-hydrogen) atoms. The van der Waals surface area contributed by atoms with Crippen LogP contribution < -0.4 is 20.5 Å². The van der Waals surface area contributed by atoms with Crippen molar-refractivity contribution in [3.8, 4) is 33.8 Å². The molecule has 1 saturated heterocycles. The summed E-state index contributed by atoms with van der Waals surface area (Å²) in [6.07, 6.45) is 2.85. The van der Waals surface area contributed by atoms with Crippen LogP contribution in [0.25, 0.3) is 22.3 Å². The first-order valence-electron chi connectivity index (χ1n) is 12.6. The Labute approximate surface area is 227 Å². The van der Waals surface area contributed by atoms with E-state index in [2.05, 4.69) is 10.4 Å². The molecule has 0 saturated carbocycles. The predicted molar refractivity (Wildman–Crippen MR) is 141 cm³/mol. The Balaban J connectivity index is 1.47. The number of nitrogens with zero attached hydrogens (tertiary/aromatic N) is 2. The highest BCUT2D eigenvalue weighted by molar-refractivity contribution is 6.34. The van der Waals surface area contributed by atoms with E-state index in [1.165, 1.54) is 12.1 Å². The normalized spacial score (nSPS) is 20.8. The molecule has 1 aromatic heterocycles. The standard InChI is InChI=1S/C29H23ClF2N4O3/c1-36-12-18-15-9-16(28(33)37)24(26(32)27(15)38-13-20(18)35-36)23-17-11-29(22-7-8-34-22,14-5-3-2-4-6-14)39-21(17)10-19(31)25(23)30/h2-6,9-10,12,22,34H,7-8,11,13H2,1H3,(H2,33,37)/t22?,29-/m0/s1. The quantitative estimate of drug-likeness (QED) is 0.380. The molecule has 7 rings (SSSR count). The highest BCUT2D eigenvalue weighted by Crippen LogP contribution is 2.54. The number of carbonyl (C=O) groups is 1. The average Bonchev–Trinajstić information content (AvgIpc) is 3.45. The molecule has 0 radical (unpaired) electrons. The molecule has 0 bridgehead atoms. The number of aryl methyl sites for hydroxylation is 1. The molecule has 10 heteroatoms. The van der Waals surface area contributed by atoms with Crippen LogP contribution >= 0.6 is 11.6 Å². The molecule has 198 valence electrons. The summed E-state index contributed by atoms with van der Waals surface area (Å²) in [5.41, 5.74) is 7.59. The Hall–Kier alpha value is -3.95. The van der Waals surface area contributed by atoms with E-state index < -0.39 is 23.1 Å². The fourth-order valence-electron chi connectivity index (χ4n) is 6.04. The zero-order chi connectivity index (χ0) is 27.1. The molecule has 7 nitrogen and oxygen atoms in total. The lowest BCUT2D eigenvalue weighted by atomic mass is 9.77. The van der Waals surface area contributed by atoms with E-state index in [4.69, 9.17) is 26.8 Å². The van der Waals surface area contributed by atoms with Gasteiger partial charge < -0.3 is 20.5 Å². The van der Waals surface area contributed by atoms with Crippen molar-refractivity contribution in [2.75, 3.05) is 6.54 Å². The monoisotopic (exact) mass is 548 g/mol. The molecular weight excluding hydrogens is 526 g/mol. The van der Waals surface area contributed by atoms with Crippen molar-refractivity contribution in [2.45, 2.75) is 31.1 Å². The lowest BCUT2D eigenvalue weighted by Crippen LogP contribution is -2.59. The van der Waals surface area contributed by atoms with E-state index in [1.54, 1.807) is 17.9 Å². The number of carbonyl (C=O) groups excluding carboxylic acids is 1. The third-order valence-corrected chi connectivity index (χ3v) is 8.32. The molecule has 4 heterocycles. The molecular formula is C29H23ClF2N4O3. The van der Waals surface area contributed by atoms with Crippen molar-refractivity contribution in [1.29, 1.82) is 0 Å². The summed E-state index contributed by atoms with van der Waals surface area (Å²) in [5.74, 6) is -2.35. The number of primary amides is 1. The summed E-state index contributed by atoms with van der Waals surface area (Å²) in [6, 6.07) is 12.3. The predicted octanol–water partition coefficient (Wildman–Crippen LogP) is 4.87. The largest absolute Gasteiger partial charge is 0.483 e. The first kappa shape index (κ1) is 24.1. The van der Waals surface area contributed by atoms with Gasteiger partial charge >= 0.3 is 0 Å². The van der Waals surface area contributed by atoms with Crippen molar-refractivity contribution < 1.29 is 23.0 Å². The second-order valence-corrected chi connectivity index (χ2v) is 10.5. The smallest absolute Gasteiger partial charge is 0.249 e. The van der Waals surface area contributed by atoms with Crippen molar-refractivity contribution in [2.24, 2.45) is 12.8 Å². The number of halogens is 3. The van der Waals surface area contributed by atoms with Crippen LogP contribution in [-0.2, 0) is 25.7 Å². The molecule has 0 spiro atoms. The summed E-state index contributed by atoms with van der Waals surface area (Å²) in [5, 5.41) is 7.44. The van der Waals surface area contributed by atoms with Gasteiger partial charge in [-0.3, -0.25) is 9.48 Å². The summed E-state index contributed by atoms with van der Waals surface area (Å²) in [4.78, 5) is 12.8. The van der Waals surface area contributed by atoms with E-state index in [1.807, 2.05) is 30.3 Å². The van der Waals surface area contributed by atoms with Crippen LogP contribution in [0.5, 0.6) is 11.5 Å². The average molecular weight is 549 g/mol. The van der Waals surface area contributed by atoms with Crippen LogP contribution in [0.4, 0.5) is 8.78 Å². The van der Waals surface area contributed by atoms with Gasteiger partial charge in [-0.15, -0.1) is 0 Å². The Morgan fingerprint density at radius 3 is 2.67 bits per heavy atom. The number of ether oxygens (including phenoxy) is 2. The van der Waals surface area contributed by atoms with Gasteiger partial charge in [-0.1, -0.05) is 41.9 Å². The molecule has 3 aliphatic heterocycles. The summed E-state index contributed by atoms with van der Waals surface area (Å²) in [7, 11) is 1.74. The second-order valence-electron chi connectivity index (χ2n) is 10.2. The number of nitrogens with one attached hydrogen (secondary N) is 1. The van der Waals surface area contributed by atoms with E-state index in [0.717, 1.165) is 18.5 Å². The van der Waals surface area contributed by atoms with E-state index >= 15 is 8.78 Å². The third-order valence-electron chi connectivity index (χ3n) is 7.95.